The van der Waals surface area contributed by atoms with E-state index in [0.717, 1.165) is 10.8 Å². The molecule has 0 heterocycles. The van der Waals surface area contributed by atoms with Gasteiger partial charge in [-0.25, -0.2) is 9.18 Å². The molecule has 0 aliphatic heterocycles. The van der Waals surface area contributed by atoms with Crippen LogP contribution < -0.4 is 9.47 Å². The Bertz CT molecular complexity index is 864. The molecule has 3 aromatic rings. The maximum absolute atomic E-state index is 13.0. The summed E-state index contributed by atoms with van der Waals surface area (Å²) in [4.78, 5) is 11.9. The molecular weight excluding hydrogens is 363 g/mol. The Balaban J connectivity index is 1.64. The normalized spacial score (nSPS) is 10.5. The zero-order valence-electron chi connectivity index (χ0n) is 12.0. The second kappa shape index (κ2) is 6.79. The number of hydrogen-bond donors (Lipinski definition) is 0. The van der Waals surface area contributed by atoms with Crippen LogP contribution >= 0.6 is 15.9 Å². The molecule has 0 bridgehead atoms. The number of fused-ring (bicyclic) bond motifs is 1. The molecule has 0 atom stereocenters. The molecule has 0 radical (unpaired) electrons. The lowest BCUT2D eigenvalue weighted by atomic mass is 10.1. The van der Waals surface area contributed by atoms with Crippen molar-refractivity contribution in [3.63, 3.8) is 0 Å². The van der Waals surface area contributed by atoms with Crippen molar-refractivity contribution in [1.82, 2.24) is 0 Å². The number of halogens is 2. The first kappa shape index (κ1) is 15.5. The van der Waals surface area contributed by atoms with Crippen molar-refractivity contribution in [2.45, 2.75) is 0 Å². The molecule has 0 N–H and O–H groups in total. The number of esters is 1. The standard InChI is InChI=1S/C18H12BrFO3/c19-16-10-14(20)6-8-17(16)22-11-18(21)23-15-7-5-12-3-1-2-4-13(12)9-15/h1-10H,11H2. The van der Waals surface area contributed by atoms with Crippen LogP contribution in [-0.4, -0.2) is 12.6 Å². The molecule has 0 aliphatic carbocycles. The Hall–Kier alpha value is -2.40. The van der Waals surface area contributed by atoms with Crippen LogP contribution in [-0.2, 0) is 4.79 Å². The van der Waals surface area contributed by atoms with Crippen molar-refractivity contribution >= 4 is 32.7 Å². The summed E-state index contributed by atoms with van der Waals surface area (Å²) >= 11 is 3.17. The Labute approximate surface area is 140 Å². The molecule has 3 rings (SSSR count). The number of carbonyl (C=O) groups excluding carboxylic acids is 1. The van der Waals surface area contributed by atoms with Gasteiger partial charge in [-0.15, -0.1) is 0 Å². The van der Waals surface area contributed by atoms with Crippen LogP contribution in [0.1, 0.15) is 0 Å². The summed E-state index contributed by atoms with van der Waals surface area (Å²) in [6.07, 6.45) is 0. The minimum Gasteiger partial charge on any atom is -0.481 e. The van der Waals surface area contributed by atoms with E-state index in [0.29, 0.717) is 16.0 Å². The summed E-state index contributed by atoms with van der Waals surface area (Å²) in [5.41, 5.74) is 0. The molecule has 3 nitrogen and oxygen atoms in total. The van der Waals surface area contributed by atoms with Crippen molar-refractivity contribution in [2.75, 3.05) is 6.61 Å². The van der Waals surface area contributed by atoms with E-state index in [2.05, 4.69) is 15.9 Å². The van der Waals surface area contributed by atoms with Gasteiger partial charge in [0.15, 0.2) is 6.61 Å². The summed E-state index contributed by atoms with van der Waals surface area (Å²) in [6.45, 7) is -0.267. The number of rotatable bonds is 4. The smallest absolute Gasteiger partial charge is 0.349 e. The highest BCUT2D eigenvalue weighted by molar-refractivity contribution is 9.10. The van der Waals surface area contributed by atoms with Crippen molar-refractivity contribution in [3.8, 4) is 11.5 Å². The third-order valence-electron chi connectivity index (χ3n) is 3.19. The van der Waals surface area contributed by atoms with E-state index < -0.39 is 5.97 Å². The quantitative estimate of drug-likeness (QED) is 0.489. The van der Waals surface area contributed by atoms with E-state index >= 15 is 0 Å². The average molecular weight is 375 g/mol. The summed E-state index contributed by atoms with van der Waals surface area (Å²) < 4.78 is 24.0. The molecule has 23 heavy (non-hydrogen) atoms. The van der Waals surface area contributed by atoms with Gasteiger partial charge in [0.25, 0.3) is 0 Å². The number of ether oxygens (including phenoxy) is 2. The highest BCUT2D eigenvalue weighted by Crippen LogP contribution is 2.25. The maximum Gasteiger partial charge on any atom is 0.349 e. The van der Waals surface area contributed by atoms with Gasteiger partial charge in [0.1, 0.15) is 17.3 Å². The van der Waals surface area contributed by atoms with Crippen molar-refractivity contribution in [1.29, 1.82) is 0 Å². The molecule has 0 aliphatic rings. The van der Waals surface area contributed by atoms with E-state index in [4.69, 9.17) is 9.47 Å². The monoisotopic (exact) mass is 374 g/mol. The zero-order chi connectivity index (χ0) is 16.2. The molecule has 0 aromatic heterocycles. The van der Waals surface area contributed by atoms with Crippen LogP contribution in [0.15, 0.2) is 65.1 Å². The Morgan fingerprint density at radius 3 is 2.57 bits per heavy atom. The molecule has 3 aromatic carbocycles. The highest BCUT2D eigenvalue weighted by atomic mass is 79.9. The van der Waals surface area contributed by atoms with Gasteiger partial charge in [0.2, 0.25) is 0 Å². The fourth-order valence-corrected chi connectivity index (χ4v) is 2.59. The van der Waals surface area contributed by atoms with Gasteiger partial charge < -0.3 is 9.47 Å². The zero-order valence-corrected chi connectivity index (χ0v) is 13.5. The predicted molar refractivity (Wildman–Crippen MR) is 89.2 cm³/mol. The lowest BCUT2D eigenvalue weighted by Gasteiger charge is -2.09. The lowest BCUT2D eigenvalue weighted by Crippen LogP contribution is -2.17. The van der Waals surface area contributed by atoms with Crippen molar-refractivity contribution < 1.29 is 18.7 Å². The molecule has 0 saturated carbocycles. The topological polar surface area (TPSA) is 35.5 Å². The lowest BCUT2D eigenvalue weighted by molar-refractivity contribution is -0.136. The van der Waals surface area contributed by atoms with E-state index in [1.807, 2.05) is 30.3 Å². The highest BCUT2D eigenvalue weighted by Gasteiger charge is 2.09. The molecule has 116 valence electrons. The van der Waals surface area contributed by atoms with Crippen molar-refractivity contribution in [3.05, 3.63) is 71.0 Å². The molecule has 0 saturated heterocycles. The van der Waals surface area contributed by atoms with Gasteiger partial charge in [-0.3, -0.25) is 0 Å². The Kier molecular flexibility index (Phi) is 4.57. The molecule has 0 amide bonds. The van der Waals surface area contributed by atoms with E-state index in [1.54, 1.807) is 12.1 Å². The molecule has 0 spiro atoms. The van der Waals surface area contributed by atoms with Gasteiger partial charge in [0, 0.05) is 0 Å². The second-order valence-corrected chi connectivity index (χ2v) is 5.70. The van der Waals surface area contributed by atoms with Crippen LogP contribution in [0.2, 0.25) is 0 Å². The second-order valence-electron chi connectivity index (χ2n) is 4.85. The minimum absolute atomic E-state index is 0.267. The molecule has 0 fully saturated rings. The summed E-state index contributed by atoms with van der Waals surface area (Å²) in [5.74, 6) is -0.0863. The van der Waals surface area contributed by atoms with Crippen LogP contribution in [0.5, 0.6) is 11.5 Å². The van der Waals surface area contributed by atoms with E-state index in [-0.39, 0.29) is 12.4 Å². The first-order valence-electron chi connectivity index (χ1n) is 6.89. The maximum atomic E-state index is 13.0. The third-order valence-corrected chi connectivity index (χ3v) is 3.81. The van der Waals surface area contributed by atoms with Crippen LogP contribution in [0, 0.1) is 5.82 Å². The fraction of sp³-hybridized carbons (Fsp3) is 0.0556. The van der Waals surface area contributed by atoms with Crippen LogP contribution in [0.3, 0.4) is 0 Å². The van der Waals surface area contributed by atoms with Crippen LogP contribution in [0.25, 0.3) is 10.8 Å². The third kappa shape index (κ3) is 3.87. The first-order chi connectivity index (χ1) is 11.1. The molecular formula is C18H12BrFO3. The number of hydrogen-bond acceptors (Lipinski definition) is 3. The number of carbonyl (C=O) groups is 1. The van der Waals surface area contributed by atoms with Gasteiger partial charge >= 0.3 is 5.97 Å². The summed E-state index contributed by atoms with van der Waals surface area (Å²) in [7, 11) is 0. The van der Waals surface area contributed by atoms with E-state index in [1.165, 1.54) is 18.2 Å². The van der Waals surface area contributed by atoms with Gasteiger partial charge in [-0.05, 0) is 57.0 Å². The molecule has 5 heteroatoms. The fourth-order valence-electron chi connectivity index (χ4n) is 2.12. The minimum atomic E-state index is -0.531. The van der Waals surface area contributed by atoms with Crippen molar-refractivity contribution in [2.24, 2.45) is 0 Å². The predicted octanol–water partition coefficient (Wildman–Crippen LogP) is 4.73. The Morgan fingerprint density at radius 2 is 1.78 bits per heavy atom. The van der Waals surface area contributed by atoms with Gasteiger partial charge in [-0.1, -0.05) is 30.3 Å². The largest absolute Gasteiger partial charge is 0.481 e. The SMILES string of the molecule is O=C(COc1ccc(F)cc1Br)Oc1ccc2ccccc2c1. The van der Waals surface area contributed by atoms with E-state index in [9.17, 15) is 9.18 Å². The Morgan fingerprint density at radius 1 is 1.00 bits per heavy atom. The van der Waals surface area contributed by atoms with Gasteiger partial charge in [0.05, 0.1) is 4.47 Å². The van der Waals surface area contributed by atoms with Gasteiger partial charge in [-0.2, -0.15) is 0 Å². The summed E-state index contributed by atoms with van der Waals surface area (Å²) in [6, 6.07) is 17.2. The first-order valence-corrected chi connectivity index (χ1v) is 7.68. The number of benzene rings is 3. The average Bonchev–Trinajstić information content (AvgIpc) is 2.54. The molecule has 0 unspecified atom stereocenters. The van der Waals surface area contributed by atoms with Crippen LogP contribution in [0.4, 0.5) is 4.39 Å². The summed E-state index contributed by atoms with van der Waals surface area (Å²) in [5, 5.41) is 2.05.